The summed E-state index contributed by atoms with van der Waals surface area (Å²) in [4.78, 5) is 1.65. The molecule has 0 aromatic carbocycles. The van der Waals surface area contributed by atoms with Crippen molar-refractivity contribution in [3.8, 4) is 6.19 Å². The predicted molar refractivity (Wildman–Crippen MR) is 44.5 cm³/mol. The third-order valence-electron chi connectivity index (χ3n) is 1.41. The van der Waals surface area contributed by atoms with Crippen LogP contribution in [0.1, 0.15) is 34.1 Å². The van der Waals surface area contributed by atoms with Gasteiger partial charge in [0.05, 0.1) is 0 Å². The van der Waals surface area contributed by atoms with Gasteiger partial charge in [-0.15, -0.1) is 0 Å². The minimum atomic E-state index is 0.389. The Hall–Kier alpha value is -0.710. The Morgan fingerprint density at radius 2 is 1.90 bits per heavy atom. The van der Waals surface area contributed by atoms with Crippen LogP contribution in [0, 0.1) is 11.5 Å². The highest BCUT2D eigenvalue weighted by Crippen LogP contribution is 1.95. The summed E-state index contributed by atoms with van der Waals surface area (Å²) in [5.41, 5.74) is 0. The van der Waals surface area contributed by atoms with E-state index in [1.807, 2.05) is 27.0 Å². The first-order valence-corrected chi connectivity index (χ1v) is 3.85. The summed E-state index contributed by atoms with van der Waals surface area (Å²) < 4.78 is 0. The molecule has 0 radical (unpaired) electrons. The molecule has 2 nitrogen and oxygen atoms in total. The average Bonchev–Trinajstić information content (AvgIpc) is 2.05. The highest BCUT2D eigenvalue weighted by molar-refractivity contribution is 4.73. The lowest BCUT2D eigenvalue weighted by atomic mass is 10.2. The number of hydrogen-bond donors (Lipinski definition) is 0. The third kappa shape index (κ3) is 5.43. The molecule has 60 valence electrons. The Kier molecular flexibility index (Phi) is 9.96. The van der Waals surface area contributed by atoms with Crippen molar-refractivity contribution in [2.24, 2.45) is 0 Å². The first-order chi connectivity index (χ1) is 4.72. The van der Waals surface area contributed by atoms with Crippen LogP contribution in [0.2, 0.25) is 0 Å². The van der Waals surface area contributed by atoms with E-state index in [0.29, 0.717) is 6.04 Å². The minimum absolute atomic E-state index is 0.389. The lowest BCUT2D eigenvalue weighted by Crippen LogP contribution is -2.22. The summed E-state index contributed by atoms with van der Waals surface area (Å²) in [6.45, 7) is 8.10. The zero-order valence-corrected chi connectivity index (χ0v) is 7.68. The molecule has 0 spiro atoms. The maximum atomic E-state index is 8.31. The van der Waals surface area contributed by atoms with E-state index in [9.17, 15) is 0 Å². The van der Waals surface area contributed by atoms with Crippen molar-refractivity contribution in [1.82, 2.24) is 4.90 Å². The molecule has 0 aromatic rings. The second kappa shape index (κ2) is 8.29. The maximum absolute atomic E-state index is 8.31. The topological polar surface area (TPSA) is 27.0 Å². The smallest absolute Gasteiger partial charge is 0.179 e. The molecule has 0 fully saturated rings. The Morgan fingerprint density at radius 1 is 1.50 bits per heavy atom. The Morgan fingerprint density at radius 3 is 2.00 bits per heavy atom. The second-order valence-electron chi connectivity index (χ2n) is 1.97. The van der Waals surface area contributed by atoms with Crippen LogP contribution in [0.25, 0.3) is 0 Å². The van der Waals surface area contributed by atoms with Crippen molar-refractivity contribution in [3.05, 3.63) is 0 Å². The third-order valence-corrected chi connectivity index (χ3v) is 1.41. The molecule has 0 aromatic heterocycles. The standard InChI is InChI=1S/C6H12N2.C2H6/c1-4-6(2)8(3)5-7;1-2/h6H,4H2,1-3H3;1-2H3. The molecule has 0 aliphatic heterocycles. The number of rotatable bonds is 2. The van der Waals surface area contributed by atoms with Gasteiger partial charge in [-0.1, -0.05) is 20.8 Å². The van der Waals surface area contributed by atoms with Gasteiger partial charge in [0, 0.05) is 13.1 Å². The van der Waals surface area contributed by atoms with Gasteiger partial charge in [-0.2, -0.15) is 5.26 Å². The van der Waals surface area contributed by atoms with Gasteiger partial charge in [0.25, 0.3) is 0 Å². The summed E-state index contributed by atoms with van der Waals surface area (Å²) >= 11 is 0. The quantitative estimate of drug-likeness (QED) is 0.436. The SMILES string of the molecule is CC.CCC(C)N(C)C#N. The molecular formula is C8H18N2. The van der Waals surface area contributed by atoms with Gasteiger partial charge < -0.3 is 4.90 Å². The number of nitriles is 1. The van der Waals surface area contributed by atoms with E-state index in [1.54, 1.807) is 11.9 Å². The van der Waals surface area contributed by atoms with Crippen molar-refractivity contribution in [2.75, 3.05) is 7.05 Å². The molecule has 0 N–H and O–H groups in total. The second-order valence-corrected chi connectivity index (χ2v) is 1.97. The van der Waals surface area contributed by atoms with Crippen LogP contribution in [-0.2, 0) is 0 Å². The molecular weight excluding hydrogens is 124 g/mol. The summed E-state index contributed by atoms with van der Waals surface area (Å²) in [7, 11) is 1.80. The molecule has 0 saturated heterocycles. The van der Waals surface area contributed by atoms with Gasteiger partial charge in [-0.05, 0) is 13.3 Å². The monoisotopic (exact) mass is 142 g/mol. The van der Waals surface area contributed by atoms with Crippen molar-refractivity contribution in [1.29, 1.82) is 5.26 Å². The van der Waals surface area contributed by atoms with Gasteiger partial charge in [-0.3, -0.25) is 0 Å². The van der Waals surface area contributed by atoms with Crippen LogP contribution >= 0.6 is 0 Å². The number of nitrogens with zero attached hydrogens (tertiary/aromatic N) is 2. The van der Waals surface area contributed by atoms with E-state index in [1.165, 1.54) is 0 Å². The molecule has 0 rings (SSSR count). The van der Waals surface area contributed by atoms with Gasteiger partial charge in [0.15, 0.2) is 6.19 Å². The molecule has 0 amide bonds. The van der Waals surface area contributed by atoms with Crippen LogP contribution < -0.4 is 0 Å². The van der Waals surface area contributed by atoms with E-state index in [2.05, 4.69) is 6.92 Å². The van der Waals surface area contributed by atoms with Crippen LogP contribution in [0.5, 0.6) is 0 Å². The van der Waals surface area contributed by atoms with Gasteiger partial charge >= 0.3 is 0 Å². The summed E-state index contributed by atoms with van der Waals surface area (Å²) in [6.07, 6.45) is 3.08. The van der Waals surface area contributed by atoms with Crippen molar-refractivity contribution >= 4 is 0 Å². The fourth-order valence-electron chi connectivity index (χ4n) is 0.372. The molecule has 0 aliphatic rings. The normalized spacial score (nSPS) is 10.4. The van der Waals surface area contributed by atoms with Crippen LogP contribution in [0.3, 0.4) is 0 Å². The summed E-state index contributed by atoms with van der Waals surface area (Å²) in [6, 6.07) is 0.389. The maximum Gasteiger partial charge on any atom is 0.179 e. The Bertz CT molecular complexity index is 93.9. The predicted octanol–water partition coefficient (Wildman–Crippen LogP) is 2.22. The van der Waals surface area contributed by atoms with Crippen LogP contribution in [-0.4, -0.2) is 18.0 Å². The van der Waals surface area contributed by atoms with E-state index >= 15 is 0 Å². The molecule has 0 saturated carbocycles. The van der Waals surface area contributed by atoms with Gasteiger partial charge in [-0.25, -0.2) is 0 Å². The molecule has 1 unspecified atom stereocenters. The molecule has 1 atom stereocenters. The lowest BCUT2D eigenvalue weighted by Gasteiger charge is -2.15. The fourth-order valence-corrected chi connectivity index (χ4v) is 0.372. The Balaban J connectivity index is 0. The number of hydrogen-bond acceptors (Lipinski definition) is 2. The van der Waals surface area contributed by atoms with Gasteiger partial charge in [0.2, 0.25) is 0 Å². The molecule has 2 heteroatoms. The zero-order valence-electron chi connectivity index (χ0n) is 7.68. The molecule has 0 heterocycles. The van der Waals surface area contributed by atoms with Crippen LogP contribution in [0.15, 0.2) is 0 Å². The first kappa shape index (κ1) is 12.0. The first-order valence-electron chi connectivity index (χ1n) is 3.85. The molecule has 0 aliphatic carbocycles. The zero-order chi connectivity index (χ0) is 8.57. The van der Waals surface area contributed by atoms with E-state index < -0.39 is 0 Å². The largest absolute Gasteiger partial charge is 0.311 e. The van der Waals surface area contributed by atoms with Crippen molar-refractivity contribution in [2.45, 2.75) is 40.2 Å². The van der Waals surface area contributed by atoms with Crippen molar-refractivity contribution < 1.29 is 0 Å². The summed E-state index contributed by atoms with van der Waals surface area (Å²) in [5.74, 6) is 0. The average molecular weight is 142 g/mol. The van der Waals surface area contributed by atoms with E-state index in [4.69, 9.17) is 5.26 Å². The lowest BCUT2D eigenvalue weighted by molar-refractivity contribution is 0.357. The van der Waals surface area contributed by atoms with E-state index in [-0.39, 0.29) is 0 Å². The minimum Gasteiger partial charge on any atom is -0.311 e. The fraction of sp³-hybridized carbons (Fsp3) is 0.875. The summed E-state index contributed by atoms with van der Waals surface area (Å²) in [5, 5.41) is 8.31. The molecule has 0 bridgehead atoms. The van der Waals surface area contributed by atoms with E-state index in [0.717, 1.165) is 6.42 Å². The Labute approximate surface area is 64.5 Å². The highest BCUT2D eigenvalue weighted by Gasteiger charge is 2.00. The highest BCUT2D eigenvalue weighted by atomic mass is 15.1. The van der Waals surface area contributed by atoms with Gasteiger partial charge in [0.1, 0.15) is 0 Å². The van der Waals surface area contributed by atoms with Crippen molar-refractivity contribution in [3.63, 3.8) is 0 Å². The van der Waals surface area contributed by atoms with Crippen LogP contribution in [0.4, 0.5) is 0 Å². The molecule has 10 heavy (non-hydrogen) atoms.